The number of aromatic nitrogens is 4. The zero-order valence-corrected chi connectivity index (χ0v) is 20.7. The molecule has 6 rings (SSSR count). The van der Waals surface area contributed by atoms with Crippen LogP contribution in [0, 0.1) is 5.82 Å². The molecule has 2 aromatic heterocycles. The van der Waals surface area contributed by atoms with E-state index in [9.17, 15) is 9.18 Å². The van der Waals surface area contributed by atoms with Gasteiger partial charge in [0.1, 0.15) is 23.7 Å². The molecule has 0 saturated heterocycles. The Bertz CT molecular complexity index is 1520. The zero-order chi connectivity index (χ0) is 25.4. The third-order valence-electron chi connectivity index (χ3n) is 6.89. The second-order valence-electron chi connectivity index (χ2n) is 9.08. The summed E-state index contributed by atoms with van der Waals surface area (Å²) in [6, 6.07) is 10.0. The van der Waals surface area contributed by atoms with Gasteiger partial charge in [-0.1, -0.05) is 17.7 Å². The number of carbonyl (C=O) groups is 1. The Morgan fingerprint density at radius 1 is 1.14 bits per heavy atom. The van der Waals surface area contributed by atoms with E-state index in [2.05, 4.69) is 15.5 Å². The van der Waals surface area contributed by atoms with Crippen molar-refractivity contribution >= 4 is 34.5 Å². The van der Waals surface area contributed by atoms with Crippen molar-refractivity contribution in [3.63, 3.8) is 0 Å². The Kier molecular flexibility index (Phi) is 6.21. The number of halogens is 2. The normalized spacial score (nSPS) is 14.9. The van der Waals surface area contributed by atoms with Gasteiger partial charge in [0.25, 0.3) is 0 Å². The maximum Gasteiger partial charge on any atom is 0.322 e. The Labute approximate surface area is 217 Å². The van der Waals surface area contributed by atoms with E-state index in [1.54, 1.807) is 41.6 Å². The molecule has 0 atom stereocenters. The number of rotatable bonds is 5. The predicted molar refractivity (Wildman–Crippen MR) is 138 cm³/mol. The first-order chi connectivity index (χ1) is 18.1. The fourth-order valence-corrected chi connectivity index (χ4v) is 5.06. The van der Waals surface area contributed by atoms with Crippen molar-refractivity contribution in [2.24, 2.45) is 0 Å². The summed E-state index contributed by atoms with van der Waals surface area (Å²) in [5.41, 5.74) is 5.00. The lowest BCUT2D eigenvalue weighted by atomic mass is 9.99. The van der Waals surface area contributed by atoms with Crippen LogP contribution in [-0.4, -0.2) is 50.2 Å². The van der Waals surface area contributed by atoms with E-state index >= 15 is 0 Å². The molecule has 37 heavy (non-hydrogen) atoms. The maximum atomic E-state index is 14.6. The van der Waals surface area contributed by atoms with E-state index in [1.165, 1.54) is 6.07 Å². The van der Waals surface area contributed by atoms with Crippen LogP contribution >= 0.6 is 11.6 Å². The quantitative estimate of drug-likeness (QED) is 0.404. The number of nitrogens with zero attached hydrogens (tertiary/aromatic N) is 5. The van der Waals surface area contributed by atoms with Crippen molar-refractivity contribution in [2.45, 2.75) is 25.7 Å². The topological polar surface area (TPSA) is 84.7 Å². The molecule has 2 aliphatic rings. The van der Waals surface area contributed by atoms with Gasteiger partial charge in [0.05, 0.1) is 6.61 Å². The fraction of sp³-hybridized carbons (Fsp3) is 0.259. The number of ether oxygens (including phenoxy) is 1. The van der Waals surface area contributed by atoms with Gasteiger partial charge in [0.15, 0.2) is 5.65 Å². The summed E-state index contributed by atoms with van der Waals surface area (Å²) in [5.74, 6) is 1.33. The molecule has 2 amide bonds. The number of anilines is 1. The molecular formula is C27H24ClFN6O2. The molecule has 0 fully saturated rings. The van der Waals surface area contributed by atoms with Crippen LogP contribution in [0.4, 0.5) is 14.9 Å². The summed E-state index contributed by atoms with van der Waals surface area (Å²) in [6.07, 6.45) is 7.92. The number of nitrogens with one attached hydrogen (secondary N) is 1. The minimum Gasteiger partial charge on any atom is -0.493 e. The van der Waals surface area contributed by atoms with Gasteiger partial charge in [-0.05, 0) is 60.4 Å². The molecule has 0 bridgehead atoms. The van der Waals surface area contributed by atoms with E-state index in [4.69, 9.17) is 21.3 Å². The molecule has 0 spiro atoms. The first-order valence-corrected chi connectivity index (χ1v) is 12.6. The summed E-state index contributed by atoms with van der Waals surface area (Å²) in [4.78, 5) is 19.1. The van der Waals surface area contributed by atoms with Crippen molar-refractivity contribution in [3.8, 4) is 5.75 Å². The van der Waals surface area contributed by atoms with Gasteiger partial charge in [-0.25, -0.2) is 14.2 Å². The molecule has 0 saturated carbocycles. The molecule has 2 aromatic carbocycles. The van der Waals surface area contributed by atoms with E-state index < -0.39 is 0 Å². The monoisotopic (exact) mass is 518 g/mol. The molecule has 10 heteroatoms. The van der Waals surface area contributed by atoms with Crippen LogP contribution in [0.5, 0.6) is 5.75 Å². The lowest BCUT2D eigenvalue weighted by Crippen LogP contribution is -2.37. The highest BCUT2D eigenvalue weighted by molar-refractivity contribution is 6.30. The third-order valence-corrected chi connectivity index (χ3v) is 7.14. The molecule has 2 aliphatic heterocycles. The van der Waals surface area contributed by atoms with Crippen molar-refractivity contribution in [1.29, 1.82) is 0 Å². The number of amides is 2. The predicted octanol–water partition coefficient (Wildman–Crippen LogP) is 4.96. The Hall–Kier alpha value is -3.98. The first-order valence-electron chi connectivity index (χ1n) is 12.2. The van der Waals surface area contributed by atoms with Crippen LogP contribution in [0.2, 0.25) is 5.02 Å². The van der Waals surface area contributed by atoms with Crippen LogP contribution < -0.4 is 10.1 Å². The number of carbonyl (C=O) groups excluding carboxylic acids is 1. The highest BCUT2D eigenvalue weighted by Gasteiger charge is 2.22. The summed E-state index contributed by atoms with van der Waals surface area (Å²) >= 11 is 5.92. The van der Waals surface area contributed by atoms with Gasteiger partial charge >= 0.3 is 6.03 Å². The Morgan fingerprint density at radius 2 is 2.00 bits per heavy atom. The molecule has 188 valence electrons. The van der Waals surface area contributed by atoms with Gasteiger partial charge in [0.2, 0.25) is 0 Å². The van der Waals surface area contributed by atoms with Crippen molar-refractivity contribution in [1.82, 2.24) is 24.5 Å². The molecule has 1 N–H and O–H groups in total. The maximum absolute atomic E-state index is 14.6. The smallest absolute Gasteiger partial charge is 0.322 e. The minimum absolute atomic E-state index is 0.163. The average Bonchev–Trinajstić information content (AvgIpc) is 3.60. The summed E-state index contributed by atoms with van der Waals surface area (Å²) < 4.78 is 22.0. The lowest BCUT2D eigenvalue weighted by molar-refractivity contribution is 0.217. The van der Waals surface area contributed by atoms with Gasteiger partial charge < -0.3 is 15.0 Å². The zero-order valence-electron chi connectivity index (χ0n) is 20.0. The molecule has 0 radical (unpaired) electrons. The molecule has 0 aliphatic carbocycles. The van der Waals surface area contributed by atoms with Gasteiger partial charge in [-0.15, -0.1) is 10.2 Å². The summed E-state index contributed by atoms with van der Waals surface area (Å²) in [7, 11) is 0. The van der Waals surface area contributed by atoms with Crippen LogP contribution in [-0.2, 0) is 19.3 Å². The minimum atomic E-state index is -0.210. The number of urea groups is 1. The number of hydrogen-bond donors (Lipinski definition) is 1. The third kappa shape index (κ3) is 4.62. The molecule has 4 heterocycles. The van der Waals surface area contributed by atoms with Crippen LogP contribution in [0.1, 0.15) is 28.9 Å². The van der Waals surface area contributed by atoms with E-state index in [0.29, 0.717) is 60.9 Å². The van der Waals surface area contributed by atoms with Crippen LogP contribution in [0.15, 0.2) is 55.0 Å². The van der Waals surface area contributed by atoms with E-state index in [0.717, 1.165) is 34.7 Å². The van der Waals surface area contributed by atoms with Crippen molar-refractivity contribution < 1.29 is 13.9 Å². The largest absolute Gasteiger partial charge is 0.493 e. The molecular weight excluding hydrogens is 495 g/mol. The fourth-order valence-electron chi connectivity index (χ4n) is 4.93. The van der Waals surface area contributed by atoms with Crippen LogP contribution in [0.3, 0.4) is 0 Å². The number of fused-ring (bicyclic) bond motifs is 2. The number of hydrogen-bond acceptors (Lipinski definition) is 5. The highest BCUT2D eigenvalue weighted by Crippen LogP contribution is 2.31. The van der Waals surface area contributed by atoms with E-state index in [-0.39, 0.29) is 11.8 Å². The van der Waals surface area contributed by atoms with Crippen molar-refractivity contribution in [3.05, 3.63) is 88.4 Å². The molecule has 0 unspecified atom stereocenters. The van der Waals surface area contributed by atoms with Gasteiger partial charge in [-0.2, -0.15) is 0 Å². The first kappa shape index (κ1) is 23.4. The second kappa shape index (κ2) is 9.82. The standard InChI is InChI=1S/C27H24ClFN6O2/c28-18-1-3-19(4-2-18)32-27(36)34-12-9-17(10-13-34)22-15-30-25(35-16-31-33-26(22)35)8-5-20-21-11-14-37-24(21)7-6-23(20)29/h1-4,6-7,9,15-16H,5,8,10-14H2,(H,32,36). The average molecular weight is 519 g/mol. The van der Waals surface area contributed by atoms with Gasteiger partial charge in [-0.3, -0.25) is 4.40 Å². The second-order valence-corrected chi connectivity index (χ2v) is 9.51. The lowest BCUT2D eigenvalue weighted by Gasteiger charge is -2.27. The molecule has 8 nitrogen and oxygen atoms in total. The SMILES string of the molecule is O=C(Nc1ccc(Cl)cc1)N1CC=C(c2cnc(CCc3c(F)ccc4c3CCO4)n3cnnc23)CC1. The Balaban J connectivity index is 1.17. The van der Waals surface area contributed by atoms with Crippen LogP contribution in [0.25, 0.3) is 11.2 Å². The van der Waals surface area contributed by atoms with Gasteiger partial charge in [0, 0.05) is 54.0 Å². The summed E-state index contributed by atoms with van der Waals surface area (Å²) in [6.45, 7) is 1.62. The highest BCUT2D eigenvalue weighted by atomic mass is 35.5. The van der Waals surface area contributed by atoms with E-state index in [1.807, 2.05) is 16.7 Å². The van der Waals surface area contributed by atoms with Crippen molar-refractivity contribution in [2.75, 3.05) is 25.0 Å². The summed E-state index contributed by atoms with van der Waals surface area (Å²) in [5, 5.41) is 12.0. The number of benzene rings is 2. The Morgan fingerprint density at radius 3 is 2.81 bits per heavy atom. The molecule has 4 aromatic rings. The number of aryl methyl sites for hydroxylation is 1.